The predicted molar refractivity (Wildman–Crippen MR) is 189 cm³/mol. The van der Waals surface area contributed by atoms with Gasteiger partial charge < -0.3 is 15.1 Å². The Hall–Kier alpha value is -5.06. The Balaban J connectivity index is 1.37. The molecule has 2 amide bonds. The Bertz CT molecular complexity index is 1990. The first kappa shape index (κ1) is 34.3. The predicted octanol–water partition coefficient (Wildman–Crippen LogP) is 7.70. The van der Waals surface area contributed by atoms with Gasteiger partial charge in [0.25, 0.3) is 16.0 Å². The van der Waals surface area contributed by atoms with Crippen LogP contribution in [0.5, 0.6) is 0 Å². The highest BCUT2D eigenvalue weighted by Gasteiger charge is 2.29. The molecule has 10 heteroatoms. The molecule has 0 bridgehead atoms. The molecule has 1 unspecified atom stereocenters. The average molecular weight is 666 g/mol. The summed E-state index contributed by atoms with van der Waals surface area (Å²) in [6, 6.07) is 29.7. The van der Waals surface area contributed by atoms with E-state index in [1.165, 1.54) is 0 Å². The van der Waals surface area contributed by atoms with Crippen LogP contribution in [0.2, 0.25) is 0 Å². The van der Waals surface area contributed by atoms with Crippen molar-refractivity contribution in [3.05, 3.63) is 125 Å². The maximum atomic E-state index is 14.0. The van der Waals surface area contributed by atoms with Gasteiger partial charge in [0.1, 0.15) is 5.52 Å². The van der Waals surface area contributed by atoms with Gasteiger partial charge in [0.05, 0.1) is 11.7 Å². The van der Waals surface area contributed by atoms with Gasteiger partial charge in [0, 0.05) is 23.4 Å². The lowest BCUT2D eigenvalue weighted by Crippen LogP contribution is -2.29. The summed E-state index contributed by atoms with van der Waals surface area (Å²) in [5, 5.41) is 5.57. The molecule has 0 saturated heterocycles. The number of anilines is 1. The number of nitrogens with zero attached hydrogens (tertiary/aromatic N) is 1. The number of carbonyl (C=O) groups excluding carboxylic acids is 2. The number of benzene rings is 4. The molecule has 0 radical (unpaired) electrons. The highest BCUT2D eigenvalue weighted by atomic mass is 32.2. The van der Waals surface area contributed by atoms with Crippen molar-refractivity contribution < 1.29 is 27.0 Å². The second-order valence-corrected chi connectivity index (χ2v) is 14.4. The fourth-order valence-corrected chi connectivity index (χ4v) is 5.63. The number of carbonyl (C=O) groups is 2. The van der Waals surface area contributed by atoms with E-state index in [-0.39, 0.29) is 23.8 Å². The molecular formula is C38H39N3O6S. The molecule has 1 aromatic heterocycles. The Morgan fingerprint density at radius 1 is 0.896 bits per heavy atom. The summed E-state index contributed by atoms with van der Waals surface area (Å²) in [4.78, 5) is 31.1. The van der Waals surface area contributed by atoms with E-state index < -0.39 is 27.7 Å². The van der Waals surface area contributed by atoms with Crippen LogP contribution in [0.1, 0.15) is 66.6 Å². The molecule has 0 aliphatic heterocycles. The Labute approximate surface area is 280 Å². The molecule has 48 heavy (non-hydrogen) atoms. The van der Waals surface area contributed by atoms with E-state index >= 15 is 0 Å². The number of nitrogens with one attached hydrogen (secondary N) is 2. The number of hydrogen-bond acceptors (Lipinski definition) is 6. The van der Waals surface area contributed by atoms with Crippen molar-refractivity contribution >= 4 is 44.8 Å². The summed E-state index contributed by atoms with van der Waals surface area (Å²) in [6.45, 7) is 8.15. The first-order chi connectivity index (χ1) is 22.8. The topological polar surface area (TPSA) is 139 Å². The number of allylic oxidation sites excluding steroid dienone is 1. The molecule has 2 atom stereocenters. The summed E-state index contributed by atoms with van der Waals surface area (Å²) < 4.78 is 36.8. The number of rotatable bonds is 11. The SMILES string of the molecule is C[C@H](c1ccc(C(=O)NCCS(=O)(=O)O)cc1)C(C(=O)Nc1ccc(-c2nc3ccccc3o2)cc1)c1ccc(/C=C/C(C)(C)C)cc1. The number of hydrogen-bond donors (Lipinski definition) is 3. The van der Waals surface area contributed by atoms with Crippen LogP contribution in [0.15, 0.2) is 108 Å². The van der Waals surface area contributed by atoms with Crippen LogP contribution in [0.3, 0.4) is 0 Å². The second kappa shape index (κ2) is 14.4. The molecule has 5 rings (SSSR count). The fourth-order valence-electron chi connectivity index (χ4n) is 5.27. The van der Waals surface area contributed by atoms with Crippen molar-refractivity contribution in [3.63, 3.8) is 0 Å². The zero-order valence-corrected chi connectivity index (χ0v) is 28.1. The van der Waals surface area contributed by atoms with E-state index in [1.807, 2.05) is 79.7 Å². The van der Waals surface area contributed by atoms with Crippen molar-refractivity contribution in [3.8, 4) is 11.5 Å². The monoisotopic (exact) mass is 665 g/mol. The van der Waals surface area contributed by atoms with Crippen molar-refractivity contribution in [1.82, 2.24) is 10.3 Å². The van der Waals surface area contributed by atoms with Crippen molar-refractivity contribution in [2.45, 2.75) is 39.5 Å². The van der Waals surface area contributed by atoms with E-state index in [2.05, 4.69) is 48.5 Å². The second-order valence-electron chi connectivity index (χ2n) is 12.8. The minimum atomic E-state index is -4.18. The van der Waals surface area contributed by atoms with E-state index in [1.54, 1.807) is 24.3 Å². The van der Waals surface area contributed by atoms with Gasteiger partial charge in [0.2, 0.25) is 11.8 Å². The normalized spacial score (nSPS) is 13.4. The van der Waals surface area contributed by atoms with E-state index in [0.29, 0.717) is 22.7 Å². The largest absolute Gasteiger partial charge is 0.436 e. The Kier molecular flexibility index (Phi) is 10.3. The summed E-state index contributed by atoms with van der Waals surface area (Å²) in [7, 11) is -4.18. The third kappa shape index (κ3) is 9.05. The van der Waals surface area contributed by atoms with Crippen LogP contribution in [0, 0.1) is 5.41 Å². The molecule has 4 aromatic carbocycles. The van der Waals surface area contributed by atoms with Gasteiger partial charge in [-0.05, 0) is 76.6 Å². The maximum absolute atomic E-state index is 14.0. The summed E-state index contributed by atoms with van der Waals surface area (Å²) in [5.74, 6) is -1.59. The smallest absolute Gasteiger partial charge is 0.266 e. The number of fused-ring (bicyclic) bond motifs is 1. The van der Waals surface area contributed by atoms with Gasteiger partial charge in [0.15, 0.2) is 5.58 Å². The molecule has 0 aliphatic carbocycles. The van der Waals surface area contributed by atoms with Crippen LogP contribution in [0.4, 0.5) is 5.69 Å². The molecule has 9 nitrogen and oxygen atoms in total. The van der Waals surface area contributed by atoms with Gasteiger partial charge in [-0.1, -0.05) is 88.4 Å². The number of amides is 2. The first-order valence-electron chi connectivity index (χ1n) is 15.7. The zero-order chi connectivity index (χ0) is 34.5. The lowest BCUT2D eigenvalue weighted by molar-refractivity contribution is -0.118. The van der Waals surface area contributed by atoms with Crippen LogP contribution >= 0.6 is 0 Å². The van der Waals surface area contributed by atoms with Crippen LogP contribution in [0.25, 0.3) is 28.6 Å². The van der Waals surface area contributed by atoms with Gasteiger partial charge in [-0.25, -0.2) is 4.98 Å². The quantitative estimate of drug-likeness (QED) is 0.123. The molecule has 248 valence electrons. The van der Waals surface area contributed by atoms with Crippen LogP contribution in [-0.4, -0.2) is 42.1 Å². The summed E-state index contributed by atoms with van der Waals surface area (Å²) in [5.41, 5.74) is 5.95. The molecule has 0 spiro atoms. The van der Waals surface area contributed by atoms with Gasteiger partial charge in [-0.2, -0.15) is 8.42 Å². The molecule has 0 saturated carbocycles. The van der Waals surface area contributed by atoms with Crippen LogP contribution in [-0.2, 0) is 14.9 Å². The number of oxazole rings is 1. The number of para-hydroxylation sites is 2. The van der Waals surface area contributed by atoms with Crippen molar-refractivity contribution in [2.75, 3.05) is 17.6 Å². The highest BCUT2D eigenvalue weighted by Crippen LogP contribution is 2.35. The molecule has 0 fully saturated rings. The minimum Gasteiger partial charge on any atom is -0.436 e. The average Bonchev–Trinajstić information content (AvgIpc) is 3.48. The maximum Gasteiger partial charge on any atom is 0.266 e. The third-order valence-corrected chi connectivity index (χ3v) is 8.61. The Morgan fingerprint density at radius 3 is 2.17 bits per heavy atom. The molecule has 0 aliphatic rings. The van der Waals surface area contributed by atoms with Crippen molar-refractivity contribution in [1.29, 1.82) is 0 Å². The van der Waals surface area contributed by atoms with Crippen LogP contribution < -0.4 is 10.6 Å². The molecule has 5 aromatic rings. The van der Waals surface area contributed by atoms with E-state index in [4.69, 9.17) is 8.97 Å². The lowest BCUT2D eigenvalue weighted by Gasteiger charge is -2.25. The summed E-state index contributed by atoms with van der Waals surface area (Å²) >= 11 is 0. The highest BCUT2D eigenvalue weighted by molar-refractivity contribution is 7.85. The van der Waals surface area contributed by atoms with Gasteiger partial charge in [-0.15, -0.1) is 0 Å². The van der Waals surface area contributed by atoms with Crippen molar-refractivity contribution in [2.24, 2.45) is 5.41 Å². The molecule has 1 heterocycles. The Morgan fingerprint density at radius 2 is 1.54 bits per heavy atom. The zero-order valence-electron chi connectivity index (χ0n) is 27.3. The molecular weight excluding hydrogens is 627 g/mol. The lowest BCUT2D eigenvalue weighted by atomic mass is 9.81. The first-order valence-corrected chi connectivity index (χ1v) is 17.3. The third-order valence-electron chi connectivity index (χ3n) is 7.89. The minimum absolute atomic E-state index is 0.0330. The van der Waals surface area contributed by atoms with E-state index in [9.17, 15) is 18.0 Å². The van der Waals surface area contributed by atoms with E-state index in [0.717, 1.165) is 27.8 Å². The van der Waals surface area contributed by atoms with Gasteiger partial charge in [-0.3, -0.25) is 14.1 Å². The number of aromatic nitrogens is 1. The standard InChI is InChI=1S/C38H39N3O6S/c1-25(27-13-15-29(16-14-27)35(42)39-23-24-48(44,45)46)34(28-11-9-26(10-12-28)21-22-38(2,3)4)36(43)40-31-19-17-30(18-20-31)37-41-32-7-5-6-8-33(32)47-37/h5-22,25,34H,23-24H2,1-4H3,(H,39,42)(H,40,43)(H,44,45,46)/b22-21+/t25-,34?/m1/s1. The fraction of sp³-hybridized carbons (Fsp3) is 0.237. The summed E-state index contributed by atoms with van der Waals surface area (Å²) in [6.07, 6.45) is 4.21. The van der Waals surface area contributed by atoms with Gasteiger partial charge >= 0.3 is 0 Å². The molecule has 3 N–H and O–H groups in total.